The normalized spacial score (nSPS) is 11.9. The molecule has 1 aromatic carbocycles. The van der Waals surface area contributed by atoms with Gasteiger partial charge in [0.25, 0.3) is 0 Å². The van der Waals surface area contributed by atoms with Crippen LogP contribution in [-0.4, -0.2) is 39.2 Å². The lowest BCUT2D eigenvalue weighted by molar-refractivity contribution is 0.412. The van der Waals surface area contributed by atoms with E-state index >= 15 is 0 Å². The van der Waals surface area contributed by atoms with Crippen molar-refractivity contribution in [3.63, 3.8) is 0 Å². The lowest BCUT2D eigenvalue weighted by Gasteiger charge is -2.20. The maximum atomic E-state index is 5.90. The smallest absolute Gasteiger partial charge is 0.194 e. The highest BCUT2D eigenvalue weighted by atomic mass is 16.3. The minimum atomic E-state index is 0.476. The van der Waals surface area contributed by atoms with Crippen LogP contribution in [0.25, 0.3) is 11.0 Å². The van der Waals surface area contributed by atoms with Crippen LogP contribution in [0, 0.1) is 6.92 Å². The van der Waals surface area contributed by atoms with E-state index < -0.39 is 0 Å². The summed E-state index contributed by atoms with van der Waals surface area (Å²) in [5.41, 5.74) is 0.905. The summed E-state index contributed by atoms with van der Waals surface area (Å²) >= 11 is 0. The van der Waals surface area contributed by atoms with Gasteiger partial charge in [-0.1, -0.05) is 18.2 Å². The molecule has 7 heteroatoms. The molecule has 7 nitrogen and oxygen atoms in total. The van der Waals surface area contributed by atoms with Gasteiger partial charge in [0.05, 0.1) is 6.54 Å². The summed E-state index contributed by atoms with van der Waals surface area (Å²) in [6, 6.07) is 10.1. The van der Waals surface area contributed by atoms with Gasteiger partial charge in [0.1, 0.15) is 23.7 Å². The van der Waals surface area contributed by atoms with Crippen LogP contribution >= 0.6 is 0 Å². The first-order chi connectivity index (χ1) is 12.1. The van der Waals surface area contributed by atoms with E-state index in [-0.39, 0.29) is 0 Å². The molecule has 0 fully saturated rings. The van der Waals surface area contributed by atoms with Crippen molar-refractivity contribution in [2.75, 3.05) is 13.6 Å². The van der Waals surface area contributed by atoms with E-state index in [9.17, 15) is 0 Å². The molecule has 1 N–H and O–H groups in total. The fourth-order valence-electron chi connectivity index (χ4n) is 2.63. The summed E-state index contributed by atoms with van der Waals surface area (Å²) in [5.74, 6) is 3.43. The van der Waals surface area contributed by atoms with Crippen LogP contribution in [0.5, 0.6) is 0 Å². The summed E-state index contributed by atoms with van der Waals surface area (Å²) in [6.07, 6.45) is 0. The minimum Gasteiger partial charge on any atom is -0.459 e. The Kier molecular flexibility index (Phi) is 5.02. The molecule has 25 heavy (non-hydrogen) atoms. The number of hydrogen-bond acceptors (Lipinski definition) is 4. The van der Waals surface area contributed by atoms with Gasteiger partial charge in [-0.3, -0.25) is 0 Å². The van der Waals surface area contributed by atoms with Gasteiger partial charge in [0.15, 0.2) is 11.8 Å². The van der Waals surface area contributed by atoms with Gasteiger partial charge in [0.2, 0.25) is 0 Å². The maximum absolute atomic E-state index is 5.90. The minimum absolute atomic E-state index is 0.476. The molecule has 0 saturated carbocycles. The largest absolute Gasteiger partial charge is 0.459 e. The third kappa shape index (κ3) is 3.81. The molecule has 2 heterocycles. The number of fused-ring (bicyclic) bond motifs is 1. The molecule has 0 spiro atoms. The van der Waals surface area contributed by atoms with Crippen LogP contribution < -0.4 is 5.32 Å². The van der Waals surface area contributed by atoms with Crippen molar-refractivity contribution in [2.45, 2.75) is 26.9 Å². The van der Waals surface area contributed by atoms with Gasteiger partial charge in [-0.25, -0.2) is 4.99 Å². The molecule has 0 aliphatic heterocycles. The molecule has 2 aromatic heterocycles. The predicted octanol–water partition coefficient (Wildman–Crippen LogP) is 2.47. The lowest BCUT2D eigenvalue weighted by Crippen LogP contribution is -2.38. The molecule has 132 valence electrons. The molecular weight excluding hydrogens is 316 g/mol. The molecular formula is C18H24N6O. The number of aliphatic imine (C=N–C) groups is 1. The Morgan fingerprint density at radius 1 is 1.32 bits per heavy atom. The number of hydrogen-bond donors (Lipinski definition) is 1. The maximum Gasteiger partial charge on any atom is 0.194 e. The molecule has 0 bridgehead atoms. The topological polar surface area (TPSA) is 71.5 Å². The van der Waals surface area contributed by atoms with E-state index in [0.29, 0.717) is 13.1 Å². The van der Waals surface area contributed by atoms with Crippen LogP contribution in [0.1, 0.15) is 24.3 Å². The molecule has 0 saturated heterocycles. The van der Waals surface area contributed by atoms with Crippen molar-refractivity contribution in [1.29, 1.82) is 0 Å². The molecule has 0 amide bonds. The van der Waals surface area contributed by atoms with Crippen LogP contribution in [-0.2, 0) is 20.1 Å². The van der Waals surface area contributed by atoms with Crippen LogP contribution in [0.2, 0.25) is 0 Å². The number of furan rings is 1. The van der Waals surface area contributed by atoms with Crippen molar-refractivity contribution < 1.29 is 4.42 Å². The first-order valence-electron chi connectivity index (χ1n) is 8.40. The Morgan fingerprint density at radius 2 is 2.12 bits per heavy atom. The van der Waals surface area contributed by atoms with Gasteiger partial charge in [-0.05, 0) is 26.0 Å². The standard InChI is InChI=1S/C18H24N6O/c1-5-19-18(20-11-17-22-21-13(2)24(17)4)23(3)12-15-10-14-8-6-7-9-16(14)25-15/h6-10H,5,11-12H2,1-4H3,(H,19,20). The second-order valence-electron chi connectivity index (χ2n) is 6.00. The monoisotopic (exact) mass is 340 g/mol. The highest BCUT2D eigenvalue weighted by Gasteiger charge is 2.11. The Hall–Kier alpha value is -2.83. The summed E-state index contributed by atoms with van der Waals surface area (Å²) in [7, 11) is 3.95. The first-order valence-corrected chi connectivity index (χ1v) is 8.40. The molecule has 0 aliphatic rings. The van der Waals surface area contributed by atoms with E-state index in [1.807, 2.05) is 48.7 Å². The highest BCUT2D eigenvalue weighted by Crippen LogP contribution is 2.19. The zero-order valence-corrected chi connectivity index (χ0v) is 15.2. The second kappa shape index (κ2) is 7.38. The van der Waals surface area contributed by atoms with Gasteiger partial charge >= 0.3 is 0 Å². The van der Waals surface area contributed by atoms with Crippen molar-refractivity contribution in [1.82, 2.24) is 25.0 Å². The summed E-state index contributed by atoms with van der Waals surface area (Å²) < 4.78 is 7.85. The Bertz CT molecular complexity index is 846. The zero-order chi connectivity index (χ0) is 17.8. The number of benzene rings is 1. The van der Waals surface area contributed by atoms with Crippen molar-refractivity contribution in [2.24, 2.45) is 12.0 Å². The average molecular weight is 340 g/mol. The zero-order valence-electron chi connectivity index (χ0n) is 15.2. The Labute approximate surface area is 147 Å². The number of aromatic nitrogens is 3. The third-order valence-electron chi connectivity index (χ3n) is 4.12. The third-order valence-corrected chi connectivity index (χ3v) is 4.12. The van der Waals surface area contributed by atoms with Crippen LogP contribution in [0.3, 0.4) is 0 Å². The molecule has 3 aromatic rings. The number of nitrogens with one attached hydrogen (secondary N) is 1. The Balaban J connectivity index is 1.74. The van der Waals surface area contributed by atoms with Crippen molar-refractivity contribution in [3.05, 3.63) is 47.7 Å². The summed E-state index contributed by atoms with van der Waals surface area (Å²) in [5, 5.41) is 12.7. The van der Waals surface area contributed by atoms with Gasteiger partial charge in [0, 0.05) is 26.0 Å². The molecule has 0 atom stereocenters. The quantitative estimate of drug-likeness (QED) is 0.571. The van der Waals surface area contributed by atoms with Crippen LogP contribution in [0.15, 0.2) is 39.7 Å². The fourth-order valence-corrected chi connectivity index (χ4v) is 2.63. The lowest BCUT2D eigenvalue weighted by atomic mass is 10.2. The fraction of sp³-hybridized carbons (Fsp3) is 0.389. The van der Waals surface area contributed by atoms with Gasteiger partial charge < -0.3 is 19.2 Å². The predicted molar refractivity (Wildman–Crippen MR) is 98.2 cm³/mol. The van der Waals surface area contributed by atoms with Crippen molar-refractivity contribution in [3.8, 4) is 0 Å². The second-order valence-corrected chi connectivity index (χ2v) is 6.00. The van der Waals surface area contributed by atoms with Crippen LogP contribution in [0.4, 0.5) is 0 Å². The van der Waals surface area contributed by atoms with E-state index in [4.69, 9.17) is 4.42 Å². The molecule has 0 unspecified atom stereocenters. The van der Waals surface area contributed by atoms with E-state index in [0.717, 1.165) is 40.9 Å². The number of nitrogens with zero attached hydrogens (tertiary/aromatic N) is 5. The number of para-hydroxylation sites is 1. The van der Waals surface area contributed by atoms with Gasteiger partial charge in [-0.2, -0.15) is 0 Å². The SMILES string of the molecule is CCNC(=NCc1nnc(C)n1C)N(C)Cc1cc2ccccc2o1. The molecule has 3 rings (SSSR count). The highest BCUT2D eigenvalue weighted by molar-refractivity contribution is 5.80. The first kappa shape index (κ1) is 17.0. The average Bonchev–Trinajstić information content (AvgIpc) is 3.15. The van der Waals surface area contributed by atoms with Gasteiger partial charge in [-0.15, -0.1) is 10.2 Å². The van der Waals surface area contributed by atoms with E-state index in [1.165, 1.54) is 0 Å². The van der Waals surface area contributed by atoms with E-state index in [2.05, 4.69) is 39.6 Å². The van der Waals surface area contributed by atoms with E-state index in [1.54, 1.807) is 0 Å². The number of aryl methyl sites for hydroxylation is 1. The number of rotatable bonds is 5. The Morgan fingerprint density at radius 3 is 2.80 bits per heavy atom. The van der Waals surface area contributed by atoms with Crippen molar-refractivity contribution >= 4 is 16.9 Å². The molecule has 0 aliphatic carbocycles. The molecule has 0 radical (unpaired) electrons. The summed E-state index contributed by atoms with van der Waals surface area (Å²) in [6.45, 7) is 5.89. The number of guanidine groups is 1. The summed E-state index contributed by atoms with van der Waals surface area (Å²) in [4.78, 5) is 6.72.